The van der Waals surface area contributed by atoms with Crippen LogP contribution in [-0.2, 0) is 9.53 Å². The van der Waals surface area contributed by atoms with Crippen molar-refractivity contribution in [2.24, 2.45) is 11.1 Å². The molecule has 1 aromatic carbocycles. The van der Waals surface area contributed by atoms with Crippen molar-refractivity contribution >= 4 is 5.91 Å². The minimum absolute atomic E-state index is 0.00655. The molecule has 21 heavy (non-hydrogen) atoms. The highest BCUT2D eigenvalue weighted by Crippen LogP contribution is 2.22. The molecule has 0 aliphatic carbocycles. The smallest absolute Gasteiger partial charge is 0.256 e. The van der Waals surface area contributed by atoms with Crippen molar-refractivity contribution in [1.29, 1.82) is 0 Å². The number of hydrogen-bond acceptors (Lipinski definition) is 3. The summed E-state index contributed by atoms with van der Waals surface area (Å²) in [5.74, 6) is 0.00655. The van der Waals surface area contributed by atoms with E-state index < -0.39 is 6.10 Å². The lowest BCUT2D eigenvalue weighted by Crippen LogP contribution is -2.44. The van der Waals surface area contributed by atoms with Gasteiger partial charge in [-0.25, -0.2) is 0 Å². The lowest BCUT2D eigenvalue weighted by atomic mass is 9.92. The molecule has 0 aliphatic rings. The lowest BCUT2D eigenvalue weighted by Gasteiger charge is -2.33. The van der Waals surface area contributed by atoms with Crippen molar-refractivity contribution in [3.63, 3.8) is 0 Å². The van der Waals surface area contributed by atoms with E-state index in [0.717, 1.165) is 18.5 Å². The molecule has 1 unspecified atom stereocenters. The summed E-state index contributed by atoms with van der Waals surface area (Å²) in [5, 5.41) is 0. The Morgan fingerprint density at radius 3 is 2.43 bits per heavy atom. The third-order valence-corrected chi connectivity index (χ3v) is 3.54. The number of nitrogens with two attached hydrogens (primary N) is 1. The summed E-state index contributed by atoms with van der Waals surface area (Å²) in [6.07, 6.45) is 0.365. The van der Waals surface area contributed by atoms with Crippen LogP contribution in [-0.4, -0.2) is 37.6 Å². The van der Waals surface area contributed by atoms with Gasteiger partial charge in [-0.1, -0.05) is 51.1 Å². The zero-order valence-electron chi connectivity index (χ0n) is 13.6. The molecule has 1 aromatic rings. The first-order valence-electron chi connectivity index (χ1n) is 7.51. The summed E-state index contributed by atoms with van der Waals surface area (Å²) in [4.78, 5) is 14.7. The molecule has 4 heteroatoms. The number of nitrogens with zero attached hydrogens (tertiary/aromatic N) is 1. The Bertz CT molecular complexity index is 432. The minimum Gasteiger partial charge on any atom is -0.367 e. The van der Waals surface area contributed by atoms with Crippen LogP contribution in [0.15, 0.2) is 30.3 Å². The van der Waals surface area contributed by atoms with Crippen LogP contribution in [0.1, 0.15) is 38.9 Å². The zero-order valence-corrected chi connectivity index (χ0v) is 13.6. The summed E-state index contributed by atoms with van der Waals surface area (Å²) in [6, 6.07) is 9.61. The third kappa shape index (κ3) is 5.14. The van der Waals surface area contributed by atoms with Crippen molar-refractivity contribution in [1.82, 2.24) is 4.90 Å². The number of carbonyl (C=O) groups is 1. The molecule has 0 aromatic heterocycles. The molecule has 4 nitrogen and oxygen atoms in total. The van der Waals surface area contributed by atoms with Crippen LogP contribution in [0.4, 0.5) is 0 Å². The highest BCUT2D eigenvalue weighted by molar-refractivity contribution is 5.82. The monoisotopic (exact) mass is 292 g/mol. The van der Waals surface area contributed by atoms with Crippen molar-refractivity contribution in [2.45, 2.75) is 33.3 Å². The van der Waals surface area contributed by atoms with Crippen molar-refractivity contribution in [3.8, 4) is 0 Å². The summed E-state index contributed by atoms with van der Waals surface area (Å²) in [6.45, 7) is 8.13. The fourth-order valence-electron chi connectivity index (χ4n) is 2.29. The number of amides is 1. The van der Waals surface area contributed by atoms with Gasteiger partial charge in [0.2, 0.25) is 0 Å². The van der Waals surface area contributed by atoms with Crippen LogP contribution in [0.25, 0.3) is 0 Å². The van der Waals surface area contributed by atoms with Gasteiger partial charge in [0.05, 0.1) is 0 Å². The Morgan fingerprint density at radius 2 is 1.95 bits per heavy atom. The molecular formula is C17H28N2O2. The molecule has 1 atom stereocenters. The topological polar surface area (TPSA) is 55.6 Å². The molecule has 2 N–H and O–H groups in total. The first kappa shape index (κ1) is 17.7. The van der Waals surface area contributed by atoms with Crippen LogP contribution in [0.2, 0.25) is 0 Å². The quantitative estimate of drug-likeness (QED) is 0.801. The van der Waals surface area contributed by atoms with Gasteiger partial charge >= 0.3 is 0 Å². The van der Waals surface area contributed by atoms with Crippen molar-refractivity contribution in [3.05, 3.63) is 35.9 Å². The highest BCUT2D eigenvalue weighted by Gasteiger charge is 2.29. The van der Waals surface area contributed by atoms with Gasteiger partial charge in [0.1, 0.15) is 0 Å². The van der Waals surface area contributed by atoms with Crippen LogP contribution >= 0.6 is 0 Å². The first-order chi connectivity index (χ1) is 9.95. The third-order valence-electron chi connectivity index (χ3n) is 3.54. The number of methoxy groups -OCH3 is 1. The Labute approximate surface area is 128 Å². The van der Waals surface area contributed by atoms with E-state index in [1.807, 2.05) is 35.2 Å². The predicted molar refractivity (Wildman–Crippen MR) is 85.9 cm³/mol. The molecule has 0 spiro atoms. The second-order valence-corrected chi connectivity index (χ2v) is 6.15. The minimum atomic E-state index is -0.550. The zero-order chi connectivity index (χ0) is 15.9. The number of hydrogen-bond donors (Lipinski definition) is 1. The maximum atomic E-state index is 12.8. The van der Waals surface area contributed by atoms with E-state index in [1.54, 1.807) is 7.11 Å². The summed E-state index contributed by atoms with van der Waals surface area (Å²) in [7, 11) is 1.58. The van der Waals surface area contributed by atoms with Crippen LogP contribution in [0.5, 0.6) is 0 Å². The lowest BCUT2D eigenvalue weighted by molar-refractivity contribution is -0.143. The van der Waals surface area contributed by atoms with Crippen LogP contribution in [0, 0.1) is 5.41 Å². The van der Waals surface area contributed by atoms with Gasteiger partial charge in [-0.2, -0.15) is 0 Å². The Hall–Kier alpha value is -1.39. The normalized spacial score (nSPS) is 13.0. The Kier molecular flexibility index (Phi) is 6.85. The van der Waals surface area contributed by atoms with Gasteiger partial charge in [0, 0.05) is 20.2 Å². The maximum Gasteiger partial charge on any atom is 0.256 e. The van der Waals surface area contributed by atoms with Gasteiger partial charge < -0.3 is 15.4 Å². The number of benzene rings is 1. The van der Waals surface area contributed by atoms with Crippen LogP contribution in [0.3, 0.4) is 0 Å². The van der Waals surface area contributed by atoms with E-state index >= 15 is 0 Å². The van der Waals surface area contributed by atoms with Crippen LogP contribution < -0.4 is 5.73 Å². The van der Waals surface area contributed by atoms with E-state index in [2.05, 4.69) is 20.8 Å². The Morgan fingerprint density at radius 1 is 1.33 bits per heavy atom. The SMILES string of the molecule is CCCN(CC(C)(C)CN)C(=O)C(OC)c1ccccc1. The van der Waals surface area contributed by atoms with Gasteiger partial charge in [-0.05, 0) is 23.9 Å². The van der Waals surface area contributed by atoms with E-state index in [-0.39, 0.29) is 11.3 Å². The molecule has 0 saturated carbocycles. The predicted octanol–water partition coefficient (Wildman–Crippen LogP) is 2.60. The second-order valence-electron chi connectivity index (χ2n) is 6.15. The molecular weight excluding hydrogens is 264 g/mol. The average Bonchev–Trinajstić information content (AvgIpc) is 2.48. The largest absolute Gasteiger partial charge is 0.367 e. The first-order valence-corrected chi connectivity index (χ1v) is 7.51. The summed E-state index contributed by atoms with van der Waals surface area (Å²) < 4.78 is 5.45. The molecule has 0 bridgehead atoms. The molecule has 1 amide bonds. The molecule has 0 heterocycles. The number of ether oxygens (including phenoxy) is 1. The van der Waals surface area contributed by atoms with Crippen molar-refractivity contribution in [2.75, 3.05) is 26.7 Å². The summed E-state index contributed by atoms with van der Waals surface area (Å²) in [5.41, 5.74) is 6.59. The van der Waals surface area contributed by atoms with E-state index in [4.69, 9.17) is 10.5 Å². The molecule has 0 aliphatic heterocycles. The molecule has 0 saturated heterocycles. The van der Waals surface area contributed by atoms with Gasteiger partial charge in [0.25, 0.3) is 5.91 Å². The second kappa shape index (κ2) is 8.15. The Balaban J connectivity index is 2.93. The standard InChI is InChI=1S/C17H28N2O2/c1-5-11-19(13-17(2,3)12-18)16(20)15(21-4)14-9-7-6-8-10-14/h6-10,15H,5,11-13,18H2,1-4H3. The fraction of sp³-hybridized carbons (Fsp3) is 0.588. The van der Waals surface area contributed by atoms with E-state index in [0.29, 0.717) is 13.1 Å². The number of rotatable bonds is 8. The molecule has 0 radical (unpaired) electrons. The van der Waals surface area contributed by atoms with Gasteiger partial charge in [0.15, 0.2) is 6.10 Å². The fourth-order valence-corrected chi connectivity index (χ4v) is 2.29. The molecule has 0 fully saturated rings. The molecule has 1 rings (SSSR count). The van der Waals surface area contributed by atoms with Gasteiger partial charge in [-0.15, -0.1) is 0 Å². The highest BCUT2D eigenvalue weighted by atomic mass is 16.5. The maximum absolute atomic E-state index is 12.8. The van der Waals surface area contributed by atoms with Gasteiger partial charge in [-0.3, -0.25) is 4.79 Å². The van der Waals surface area contributed by atoms with E-state index in [9.17, 15) is 4.79 Å². The number of carbonyl (C=O) groups excluding carboxylic acids is 1. The summed E-state index contributed by atoms with van der Waals surface area (Å²) >= 11 is 0. The van der Waals surface area contributed by atoms with Crippen molar-refractivity contribution < 1.29 is 9.53 Å². The average molecular weight is 292 g/mol. The van der Waals surface area contributed by atoms with E-state index in [1.165, 1.54) is 0 Å². The molecule has 118 valence electrons.